The van der Waals surface area contributed by atoms with Gasteiger partial charge in [-0.25, -0.2) is 8.78 Å². The highest BCUT2D eigenvalue weighted by molar-refractivity contribution is 7.12. The molecule has 0 saturated carbocycles. The Hall–Kier alpha value is -1.01. The molecule has 1 saturated heterocycles. The molecule has 94 valence electrons. The third kappa shape index (κ3) is 2.47. The summed E-state index contributed by atoms with van der Waals surface area (Å²) >= 11 is 1.52. The van der Waals surface area contributed by atoms with Gasteiger partial charge in [0.05, 0.1) is 12.6 Å². The maximum absolute atomic E-state index is 12.5. The van der Waals surface area contributed by atoms with Crippen LogP contribution in [-0.4, -0.2) is 29.8 Å². The van der Waals surface area contributed by atoms with Crippen molar-refractivity contribution in [2.45, 2.75) is 32.5 Å². The van der Waals surface area contributed by atoms with E-state index in [2.05, 4.69) is 5.32 Å². The second-order valence-corrected chi connectivity index (χ2v) is 5.44. The normalized spacial score (nSPS) is 25.0. The number of rotatable bonds is 3. The average molecular weight is 260 g/mol. The molecule has 1 fully saturated rings. The number of halogens is 2. The predicted octanol–water partition coefficient (Wildman–Crippen LogP) is 2.14. The minimum Gasteiger partial charge on any atom is -0.315 e. The lowest BCUT2D eigenvalue weighted by molar-refractivity contribution is -0.131. The van der Waals surface area contributed by atoms with E-state index in [9.17, 15) is 13.6 Å². The second kappa shape index (κ2) is 4.70. The largest absolute Gasteiger partial charge is 0.315 e. The SMILES string of the molecule is Cc1ccc(C2NC(C)C(=O)N2CC(F)F)s1. The van der Waals surface area contributed by atoms with E-state index in [1.54, 1.807) is 6.92 Å². The van der Waals surface area contributed by atoms with E-state index >= 15 is 0 Å². The van der Waals surface area contributed by atoms with Gasteiger partial charge in [-0.3, -0.25) is 10.1 Å². The first-order valence-electron chi connectivity index (χ1n) is 5.40. The number of amides is 1. The summed E-state index contributed by atoms with van der Waals surface area (Å²) in [6.45, 7) is 3.13. The zero-order valence-corrected chi connectivity index (χ0v) is 10.4. The highest BCUT2D eigenvalue weighted by Gasteiger charge is 2.38. The second-order valence-electron chi connectivity index (χ2n) is 4.12. The third-order valence-corrected chi connectivity index (χ3v) is 3.79. The van der Waals surface area contributed by atoms with Crippen LogP contribution in [0.2, 0.25) is 0 Å². The molecule has 1 amide bonds. The van der Waals surface area contributed by atoms with Gasteiger partial charge in [-0.15, -0.1) is 11.3 Å². The summed E-state index contributed by atoms with van der Waals surface area (Å²) < 4.78 is 24.9. The third-order valence-electron chi connectivity index (χ3n) is 2.74. The summed E-state index contributed by atoms with van der Waals surface area (Å²) in [6.07, 6.45) is -2.92. The zero-order valence-electron chi connectivity index (χ0n) is 9.61. The average Bonchev–Trinajstić information content (AvgIpc) is 2.77. The van der Waals surface area contributed by atoms with Crippen LogP contribution in [0.4, 0.5) is 8.78 Å². The molecule has 0 radical (unpaired) electrons. The van der Waals surface area contributed by atoms with Gasteiger partial charge in [-0.2, -0.15) is 0 Å². The highest BCUT2D eigenvalue weighted by Crippen LogP contribution is 2.30. The number of carbonyl (C=O) groups is 1. The first-order valence-corrected chi connectivity index (χ1v) is 6.21. The van der Waals surface area contributed by atoms with E-state index in [0.717, 1.165) is 9.75 Å². The van der Waals surface area contributed by atoms with E-state index < -0.39 is 25.2 Å². The minimum atomic E-state index is -2.50. The number of alkyl halides is 2. The van der Waals surface area contributed by atoms with Crippen LogP contribution in [0.1, 0.15) is 22.8 Å². The molecule has 1 aliphatic rings. The lowest BCUT2D eigenvalue weighted by Crippen LogP contribution is -2.34. The van der Waals surface area contributed by atoms with Crippen LogP contribution < -0.4 is 5.32 Å². The molecule has 3 nitrogen and oxygen atoms in total. The number of carbonyl (C=O) groups excluding carboxylic acids is 1. The standard InChI is InChI=1S/C11H14F2N2OS/c1-6-3-4-8(17-6)10-14-7(2)11(16)15(10)5-9(12)13/h3-4,7,9-10,14H,5H2,1-2H3. The van der Waals surface area contributed by atoms with Gasteiger partial charge in [0, 0.05) is 9.75 Å². The number of aryl methyl sites for hydroxylation is 1. The topological polar surface area (TPSA) is 32.3 Å². The molecule has 1 aromatic heterocycles. The maximum atomic E-state index is 12.5. The highest BCUT2D eigenvalue weighted by atomic mass is 32.1. The summed E-state index contributed by atoms with van der Waals surface area (Å²) in [7, 11) is 0. The molecule has 2 atom stereocenters. The van der Waals surface area contributed by atoms with E-state index in [1.807, 2.05) is 19.1 Å². The number of thiophene rings is 1. The molecular weight excluding hydrogens is 246 g/mol. The fourth-order valence-corrected chi connectivity index (χ4v) is 2.91. The van der Waals surface area contributed by atoms with Crippen molar-refractivity contribution < 1.29 is 13.6 Å². The van der Waals surface area contributed by atoms with Gasteiger partial charge in [0.2, 0.25) is 5.91 Å². The maximum Gasteiger partial charge on any atom is 0.255 e. The minimum absolute atomic E-state index is 0.263. The molecule has 0 spiro atoms. The molecule has 2 rings (SSSR count). The lowest BCUT2D eigenvalue weighted by atomic mass is 10.3. The fourth-order valence-electron chi connectivity index (χ4n) is 1.95. The predicted molar refractivity (Wildman–Crippen MR) is 62.1 cm³/mol. The van der Waals surface area contributed by atoms with Crippen molar-refractivity contribution in [2.75, 3.05) is 6.54 Å². The van der Waals surface area contributed by atoms with Crippen molar-refractivity contribution in [3.8, 4) is 0 Å². The van der Waals surface area contributed by atoms with Crippen molar-refractivity contribution >= 4 is 17.2 Å². The van der Waals surface area contributed by atoms with Gasteiger partial charge in [-0.05, 0) is 26.0 Å². The van der Waals surface area contributed by atoms with Crippen molar-refractivity contribution in [3.63, 3.8) is 0 Å². The molecule has 1 aromatic rings. The Morgan fingerprint density at radius 1 is 1.53 bits per heavy atom. The fraction of sp³-hybridized carbons (Fsp3) is 0.545. The number of hydrogen-bond acceptors (Lipinski definition) is 3. The number of nitrogens with zero attached hydrogens (tertiary/aromatic N) is 1. The molecule has 0 aliphatic carbocycles. The van der Waals surface area contributed by atoms with E-state index in [4.69, 9.17) is 0 Å². The van der Waals surface area contributed by atoms with Crippen molar-refractivity contribution in [2.24, 2.45) is 0 Å². The van der Waals surface area contributed by atoms with E-state index in [0.29, 0.717) is 0 Å². The molecular formula is C11H14F2N2OS. The van der Waals surface area contributed by atoms with Crippen LogP contribution in [0.5, 0.6) is 0 Å². The van der Waals surface area contributed by atoms with Crippen LogP contribution in [0, 0.1) is 6.92 Å². The summed E-state index contributed by atoms with van der Waals surface area (Å²) in [5.74, 6) is -0.263. The van der Waals surface area contributed by atoms with Gasteiger partial charge < -0.3 is 4.90 Å². The van der Waals surface area contributed by atoms with Crippen LogP contribution in [0.25, 0.3) is 0 Å². The van der Waals surface area contributed by atoms with Gasteiger partial charge in [0.25, 0.3) is 6.43 Å². The molecule has 1 aliphatic heterocycles. The Morgan fingerprint density at radius 3 is 2.76 bits per heavy atom. The Bertz CT molecular complexity index is 421. The van der Waals surface area contributed by atoms with Crippen LogP contribution in [0.3, 0.4) is 0 Å². The van der Waals surface area contributed by atoms with Crippen molar-refractivity contribution in [3.05, 3.63) is 21.9 Å². The Balaban J connectivity index is 2.22. The van der Waals surface area contributed by atoms with Crippen LogP contribution in [-0.2, 0) is 4.79 Å². The molecule has 2 heterocycles. The first-order chi connectivity index (χ1) is 7.99. The molecule has 6 heteroatoms. The zero-order chi connectivity index (χ0) is 12.6. The molecule has 2 unspecified atom stereocenters. The van der Waals surface area contributed by atoms with Crippen LogP contribution >= 0.6 is 11.3 Å². The molecule has 0 aromatic carbocycles. The van der Waals surface area contributed by atoms with Gasteiger partial charge in [-0.1, -0.05) is 0 Å². The first kappa shape index (κ1) is 12.4. The van der Waals surface area contributed by atoms with Crippen molar-refractivity contribution in [1.82, 2.24) is 10.2 Å². The molecule has 0 bridgehead atoms. The molecule has 17 heavy (non-hydrogen) atoms. The van der Waals surface area contributed by atoms with Crippen molar-refractivity contribution in [1.29, 1.82) is 0 Å². The smallest absolute Gasteiger partial charge is 0.255 e. The summed E-state index contributed by atoms with van der Waals surface area (Å²) in [4.78, 5) is 15.0. The Morgan fingerprint density at radius 2 is 2.24 bits per heavy atom. The summed E-state index contributed by atoms with van der Waals surface area (Å²) in [5.41, 5.74) is 0. The molecule has 1 N–H and O–H groups in total. The Kier molecular flexibility index (Phi) is 3.44. The monoisotopic (exact) mass is 260 g/mol. The number of hydrogen-bond donors (Lipinski definition) is 1. The van der Waals surface area contributed by atoms with E-state index in [-0.39, 0.29) is 5.91 Å². The Labute approximate surface area is 102 Å². The number of nitrogens with one attached hydrogen (secondary N) is 1. The quantitative estimate of drug-likeness (QED) is 0.903. The summed E-state index contributed by atoms with van der Waals surface area (Å²) in [5, 5.41) is 3.04. The van der Waals surface area contributed by atoms with Crippen LogP contribution in [0.15, 0.2) is 12.1 Å². The van der Waals surface area contributed by atoms with Gasteiger partial charge >= 0.3 is 0 Å². The van der Waals surface area contributed by atoms with Gasteiger partial charge in [0.1, 0.15) is 6.17 Å². The lowest BCUT2D eigenvalue weighted by Gasteiger charge is -2.22. The van der Waals surface area contributed by atoms with E-state index in [1.165, 1.54) is 16.2 Å². The van der Waals surface area contributed by atoms with Gasteiger partial charge in [0.15, 0.2) is 0 Å². The summed E-state index contributed by atoms with van der Waals surface area (Å²) in [6, 6.07) is 3.40.